The summed E-state index contributed by atoms with van der Waals surface area (Å²) in [7, 11) is 0. The quantitative estimate of drug-likeness (QED) is 0.741. The third-order valence-electron chi connectivity index (χ3n) is 2.77. The first-order valence-corrected chi connectivity index (χ1v) is 5.73. The lowest BCUT2D eigenvalue weighted by atomic mass is 10.0. The van der Waals surface area contributed by atoms with E-state index in [4.69, 9.17) is 10.3 Å². The van der Waals surface area contributed by atoms with Crippen molar-refractivity contribution in [2.75, 3.05) is 5.73 Å². The normalized spacial score (nSPS) is 10.7. The maximum Gasteiger partial charge on any atom is 0.264 e. The average molecular weight is 272 g/mol. The zero-order valence-electron chi connectivity index (χ0n) is 10.1. The standard InChI is InChI=1S/C13H9FN4O2/c14-8-4-2-1-3-7(8)11-12(20-18-13(11)15)9-5-6-10(19)17-16-9/h1-6H,(H2,15,18)(H,17,19). The molecule has 0 radical (unpaired) electrons. The number of benzene rings is 1. The largest absolute Gasteiger partial charge is 0.380 e. The number of aromatic amines is 1. The molecule has 1 aromatic carbocycles. The Morgan fingerprint density at radius 1 is 1.20 bits per heavy atom. The van der Waals surface area contributed by atoms with Crippen molar-refractivity contribution in [2.45, 2.75) is 0 Å². The molecule has 0 aliphatic carbocycles. The van der Waals surface area contributed by atoms with Gasteiger partial charge < -0.3 is 10.3 Å². The first-order chi connectivity index (χ1) is 9.66. The van der Waals surface area contributed by atoms with E-state index in [0.717, 1.165) is 0 Å². The number of rotatable bonds is 2. The van der Waals surface area contributed by atoms with Gasteiger partial charge in [-0.15, -0.1) is 0 Å². The zero-order chi connectivity index (χ0) is 14.1. The number of nitrogens with two attached hydrogens (primary N) is 1. The molecule has 0 atom stereocenters. The molecule has 0 spiro atoms. The Kier molecular flexibility index (Phi) is 2.79. The second kappa shape index (κ2) is 4.61. The van der Waals surface area contributed by atoms with Crippen LogP contribution in [0.1, 0.15) is 0 Å². The molecular weight excluding hydrogens is 263 g/mol. The van der Waals surface area contributed by atoms with Gasteiger partial charge in [0.05, 0.1) is 5.56 Å². The van der Waals surface area contributed by atoms with Crippen molar-refractivity contribution < 1.29 is 8.91 Å². The van der Waals surface area contributed by atoms with Crippen molar-refractivity contribution in [1.29, 1.82) is 0 Å². The second-order valence-corrected chi connectivity index (χ2v) is 4.06. The van der Waals surface area contributed by atoms with Gasteiger partial charge in [0.2, 0.25) is 0 Å². The zero-order valence-corrected chi connectivity index (χ0v) is 10.1. The van der Waals surface area contributed by atoms with Gasteiger partial charge in [0.15, 0.2) is 11.6 Å². The van der Waals surface area contributed by atoms with Gasteiger partial charge >= 0.3 is 0 Å². The molecule has 2 aromatic heterocycles. The summed E-state index contributed by atoms with van der Waals surface area (Å²) in [5.41, 5.74) is 6.26. The minimum atomic E-state index is -0.451. The van der Waals surface area contributed by atoms with E-state index in [2.05, 4.69) is 15.4 Å². The minimum absolute atomic E-state index is 0.0538. The van der Waals surface area contributed by atoms with Gasteiger partial charge in [-0.25, -0.2) is 9.49 Å². The lowest BCUT2D eigenvalue weighted by molar-refractivity contribution is 0.434. The fraction of sp³-hybridized carbons (Fsp3) is 0. The van der Waals surface area contributed by atoms with Gasteiger partial charge in [-0.05, 0) is 12.1 Å². The van der Waals surface area contributed by atoms with Crippen molar-refractivity contribution >= 4 is 5.82 Å². The molecule has 0 saturated heterocycles. The number of hydrogen-bond acceptors (Lipinski definition) is 5. The first kappa shape index (κ1) is 12.1. The van der Waals surface area contributed by atoms with Gasteiger partial charge in [-0.1, -0.05) is 23.4 Å². The summed E-state index contributed by atoms with van der Waals surface area (Å²) in [5, 5.41) is 9.74. The van der Waals surface area contributed by atoms with E-state index in [-0.39, 0.29) is 22.7 Å². The number of halogens is 1. The van der Waals surface area contributed by atoms with E-state index in [1.165, 1.54) is 18.2 Å². The monoisotopic (exact) mass is 272 g/mol. The van der Waals surface area contributed by atoms with Crippen molar-refractivity contribution in [2.24, 2.45) is 0 Å². The molecule has 0 unspecified atom stereocenters. The molecule has 3 rings (SSSR count). The Balaban J connectivity index is 2.23. The van der Waals surface area contributed by atoms with E-state index < -0.39 is 5.82 Å². The number of nitrogens with one attached hydrogen (secondary N) is 1. The first-order valence-electron chi connectivity index (χ1n) is 5.73. The van der Waals surface area contributed by atoms with Gasteiger partial charge in [0.1, 0.15) is 11.5 Å². The van der Waals surface area contributed by atoms with Crippen LogP contribution in [0.15, 0.2) is 45.7 Å². The highest BCUT2D eigenvalue weighted by atomic mass is 19.1. The third kappa shape index (κ3) is 1.95. The number of nitrogen functional groups attached to an aromatic ring is 1. The molecule has 100 valence electrons. The van der Waals surface area contributed by atoms with Crippen molar-refractivity contribution in [3.63, 3.8) is 0 Å². The number of anilines is 1. The minimum Gasteiger partial charge on any atom is -0.380 e. The molecule has 6 nitrogen and oxygen atoms in total. The summed E-state index contributed by atoms with van der Waals surface area (Å²) >= 11 is 0. The molecule has 0 amide bonds. The van der Waals surface area contributed by atoms with Crippen LogP contribution in [-0.2, 0) is 0 Å². The van der Waals surface area contributed by atoms with Crippen LogP contribution in [0, 0.1) is 5.82 Å². The van der Waals surface area contributed by atoms with Gasteiger partial charge in [0, 0.05) is 11.6 Å². The molecule has 20 heavy (non-hydrogen) atoms. The highest BCUT2D eigenvalue weighted by Crippen LogP contribution is 2.36. The van der Waals surface area contributed by atoms with Crippen molar-refractivity contribution in [1.82, 2.24) is 15.4 Å². The summed E-state index contributed by atoms with van der Waals surface area (Å²) in [6.45, 7) is 0. The Labute approximate surface area is 112 Å². The maximum absolute atomic E-state index is 13.9. The predicted octanol–water partition coefficient (Wildman–Crippen LogP) is 1.81. The Hall–Kier alpha value is -2.96. The summed E-state index contributed by atoms with van der Waals surface area (Å²) in [4.78, 5) is 11.0. The third-order valence-corrected chi connectivity index (χ3v) is 2.77. The average Bonchev–Trinajstić information content (AvgIpc) is 2.82. The Morgan fingerprint density at radius 2 is 2.00 bits per heavy atom. The fourth-order valence-electron chi connectivity index (χ4n) is 1.87. The van der Waals surface area contributed by atoms with Crippen LogP contribution in [0.25, 0.3) is 22.6 Å². The molecule has 3 N–H and O–H groups in total. The topological polar surface area (TPSA) is 97.8 Å². The van der Waals surface area contributed by atoms with Gasteiger partial charge in [0.25, 0.3) is 5.56 Å². The Morgan fingerprint density at radius 3 is 2.70 bits per heavy atom. The van der Waals surface area contributed by atoms with Gasteiger partial charge in [-0.2, -0.15) is 5.10 Å². The van der Waals surface area contributed by atoms with E-state index in [1.807, 2.05) is 0 Å². The molecule has 0 aliphatic heterocycles. The highest BCUT2D eigenvalue weighted by Gasteiger charge is 2.21. The van der Waals surface area contributed by atoms with Crippen molar-refractivity contribution in [3.05, 3.63) is 52.6 Å². The molecule has 0 bridgehead atoms. The molecule has 7 heteroatoms. The lowest BCUT2D eigenvalue weighted by Gasteiger charge is -2.03. The maximum atomic E-state index is 13.9. The van der Waals surface area contributed by atoms with E-state index in [0.29, 0.717) is 11.3 Å². The van der Waals surface area contributed by atoms with E-state index in [9.17, 15) is 9.18 Å². The molecule has 3 aromatic rings. The van der Waals surface area contributed by atoms with E-state index >= 15 is 0 Å². The van der Waals surface area contributed by atoms with Crippen LogP contribution in [0.4, 0.5) is 10.2 Å². The summed E-state index contributed by atoms with van der Waals surface area (Å²) in [5.74, 6) is -0.199. The number of hydrogen-bond donors (Lipinski definition) is 2. The lowest BCUT2D eigenvalue weighted by Crippen LogP contribution is -2.05. The van der Waals surface area contributed by atoms with Crippen LogP contribution in [-0.4, -0.2) is 15.4 Å². The molecule has 0 fully saturated rings. The molecular formula is C13H9FN4O2. The van der Waals surface area contributed by atoms with Crippen LogP contribution in [0.2, 0.25) is 0 Å². The Bertz CT molecular complexity index is 805. The number of nitrogens with zero attached hydrogens (tertiary/aromatic N) is 2. The highest BCUT2D eigenvalue weighted by molar-refractivity contribution is 5.85. The fourth-order valence-corrected chi connectivity index (χ4v) is 1.87. The van der Waals surface area contributed by atoms with Crippen LogP contribution >= 0.6 is 0 Å². The van der Waals surface area contributed by atoms with Crippen LogP contribution < -0.4 is 11.3 Å². The number of aromatic nitrogens is 3. The SMILES string of the molecule is Nc1noc(-c2ccc(=O)[nH]n2)c1-c1ccccc1F. The predicted molar refractivity (Wildman–Crippen MR) is 70.2 cm³/mol. The molecule has 0 saturated carbocycles. The van der Waals surface area contributed by atoms with E-state index in [1.54, 1.807) is 18.2 Å². The summed E-state index contributed by atoms with van der Waals surface area (Å²) in [6.07, 6.45) is 0. The second-order valence-electron chi connectivity index (χ2n) is 4.06. The van der Waals surface area contributed by atoms with Gasteiger partial charge in [-0.3, -0.25) is 4.79 Å². The number of H-pyrrole nitrogens is 1. The smallest absolute Gasteiger partial charge is 0.264 e. The summed E-state index contributed by atoms with van der Waals surface area (Å²) < 4.78 is 19.0. The van der Waals surface area contributed by atoms with Crippen LogP contribution in [0.3, 0.4) is 0 Å². The summed E-state index contributed by atoms with van der Waals surface area (Å²) in [6, 6.07) is 8.85. The van der Waals surface area contributed by atoms with Crippen molar-refractivity contribution in [3.8, 4) is 22.6 Å². The van der Waals surface area contributed by atoms with Crippen LogP contribution in [0.5, 0.6) is 0 Å². The molecule has 0 aliphatic rings. The molecule has 2 heterocycles.